The van der Waals surface area contributed by atoms with E-state index < -0.39 is 42.6 Å². The number of carbonyl (C=O) groups excluding carboxylic acids is 8. The van der Waals surface area contributed by atoms with Crippen molar-refractivity contribution in [2.24, 2.45) is 11.8 Å². The number of likely N-dealkylation sites (tertiary alicyclic amines) is 1. The lowest BCUT2D eigenvalue weighted by Gasteiger charge is -2.13. The van der Waals surface area contributed by atoms with E-state index in [-0.39, 0.29) is 81.3 Å². The fourth-order valence-electron chi connectivity index (χ4n) is 3.15. The van der Waals surface area contributed by atoms with E-state index >= 15 is 0 Å². The van der Waals surface area contributed by atoms with Crippen LogP contribution in [0.25, 0.3) is 0 Å². The Hall–Kier alpha value is -3.84. The number of hydrogen-bond donors (Lipinski definition) is 5. The summed E-state index contributed by atoms with van der Waals surface area (Å²) in [5.41, 5.74) is 0. The Bertz CT molecular complexity index is 904. The van der Waals surface area contributed by atoms with Gasteiger partial charge in [0, 0.05) is 44.2 Å². The molecule has 0 bridgehead atoms. The number of imide groups is 1. The fraction of sp³-hybridized carbons (Fsp3) is 0.652. The number of amides is 7. The molecule has 1 atom stereocenters. The number of Topliss-reactive ketones (excluding diaryl/α,β-unsaturated/α-hetero) is 1. The van der Waals surface area contributed by atoms with Crippen molar-refractivity contribution < 1.29 is 38.4 Å². The topological polar surface area (TPSA) is 200 Å². The molecule has 37 heavy (non-hydrogen) atoms. The van der Waals surface area contributed by atoms with Crippen molar-refractivity contribution in [1.82, 2.24) is 31.5 Å². The lowest BCUT2D eigenvalue weighted by atomic mass is 10.1. The zero-order valence-corrected chi connectivity index (χ0v) is 21.4. The summed E-state index contributed by atoms with van der Waals surface area (Å²) in [5.74, 6) is -3.78. The molecular weight excluding hydrogens is 488 g/mol. The van der Waals surface area contributed by atoms with E-state index in [0.717, 1.165) is 4.90 Å². The third-order valence-electron chi connectivity index (χ3n) is 5.38. The van der Waals surface area contributed by atoms with Crippen LogP contribution in [0.5, 0.6) is 0 Å². The largest absolute Gasteiger partial charge is 0.354 e. The number of rotatable bonds is 16. The van der Waals surface area contributed by atoms with Gasteiger partial charge >= 0.3 is 0 Å². The van der Waals surface area contributed by atoms with Crippen LogP contribution >= 0.6 is 0 Å². The lowest BCUT2D eigenvalue weighted by molar-refractivity contribution is -0.139. The molecule has 0 spiro atoms. The van der Waals surface area contributed by atoms with Crippen molar-refractivity contribution in [3.8, 4) is 0 Å². The second kappa shape index (κ2) is 16.0. The molecule has 1 unspecified atom stereocenters. The van der Waals surface area contributed by atoms with Crippen LogP contribution in [0.1, 0.15) is 46.5 Å². The maximum atomic E-state index is 11.8. The molecule has 0 aromatic carbocycles. The Balaban J connectivity index is 2.10. The van der Waals surface area contributed by atoms with Crippen LogP contribution in [0.2, 0.25) is 0 Å². The average Bonchev–Trinajstić information content (AvgIpc) is 3.09. The third-order valence-corrected chi connectivity index (χ3v) is 5.38. The Morgan fingerprint density at radius 1 is 0.757 bits per heavy atom. The van der Waals surface area contributed by atoms with Gasteiger partial charge in [0.25, 0.3) is 0 Å². The van der Waals surface area contributed by atoms with Gasteiger partial charge in [-0.1, -0.05) is 20.8 Å². The second-order valence-corrected chi connectivity index (χ2v) is 8.92. The molecule has 7 amide bonds. The fourth-order valence-corrected chi connectivity index (χ4v) is 3.15. The van der Waals surface area contributed by atoms with Gasteiger partial charge in [-0.05, 0) is 6.42 Å². The van der Waals surface area contributed by atoms with Crippen molar-refractivity contribution >= 4 is 47.1 Å². The molecule has 1 heterocycles. The van der Waals surface area contributed by atoms with E-state index in [9.17, 15) is 38.4 Å². The molecule has 0 radical (unpaired) electrons. The first-order valence-corrected chi connectivity index (χ1v) is 12.1. The van der Waals surface area contributed by atoms with Crippen molar-refractivity contribution in [2.45, 2.75) is 46.5 Å². The quantitative estimate of drug-likeness (QED) is 0.135. The van der Waals surface area contributed by atoms with E-state index in [1.54, 1.807) is 20.8 Å². The summed E-state index contributed by atoms with van der Waals surface area (Å²) < 4.78 is 0. The minimum atomic E-state index is -0.652. The molecule has 14 nitrogen and oxygen atoms in total. The molecule has 0 aliphatic carbocycles. The molecule has 1 fully saturated rings. The molecule has 1 saturated heterocycles. The van der Waals surface area contributed by atoms with Crippen molar-refractivity contribution in [3.05, 3.63) is 0 Å². The summed E-state index contributed by atoms with van der Waals surface area (Å²) in [5, 5.41) is 11.7. The van der Waals surface area contributed by atoms with Gasteiger partial charge < -0.3 is 26.6 Å². The van der Waals surface area contributed by atoms with E-state index in [1.807, 2.05) is 0 Å². The maximum Gasteiger partial charge on any atom is 0.239 e. The van der Waals surface area contributed by atoms with Crippen LogP contribution in [0, 0.1) is 11.8 Å². The Morgan fingerprint density at radius 2 is 1.22 bits per heavy atom. The molecule has 5 N–H and O–H groups in total. The van der Waals surface area contributed by atoms with Gasteiger partial charge in [0.2, 0.25) is 41.4 Å². The van der Waals surface area contributed by atoms with Crippen LogP contribution in [0.4, 0.5) is 0 Å². The monoisotopic (exact) mass is 524 g/mol. The molecule has 1 aliphatic heterocycles. The zero-order chi connectivity index (χ0) is 28.0. The first kappa shape index (κ1) is 31.2. The minimum absolute atomic E-state index is 0.0154. The van der Waals surface area contributed by atoms with E-state index in [4.69, 9.17) is 0 Å². The summed E-state index contributed by atoms with van der Waals surface area (Å²) in [6.45, 7) is 3.98. The first-order chi connectivity index (χ1) is 17.4. The van der Waals surface area contributed by atoms with Gasteiger partial charge in [-0.15, -0.1) is 0 Å². The average molecular weight is 525 g/mol. The van der Waals surface area contributed by atoms with Gasteiger partial charge in [0.1, 0.15) is 5.78 Å². The number of ketones is 1. The molecule has 206 valence electrons. The highest BCUT2D eigenvalue weighted by Crippen LogP contribution is 2.18. The number of nitrogens with zero attached hydrogens (tertiary/aromatic N) is 1. The predicted molar refractivity (Wildman–Crippen MR) is 129 cm³/mol. The van der Waals surface area contributed by atoms with Crippen LogP contribution < -0.4 is 26.6 Å². The first-order valence-electron chi connectivity index (χ1n) is 12.1. The second-order valence-electron chi connectivity index (χ2n) is 8.92. The van der Waals surface area contributed by atoms with E-state index in [0.29, 0.717) is 0 Å². The van der Waals surface area contributed by atoms with Crippen molar-refractivity contribution in [3.63, 3.8) is 0 Å². The highest BCUT2D eigenvalue weighted by molar-refractivity contribution is 6.03. The Kier molecular flexibility index (Phi) is 13.5. The van der Waals surface area contributed by atoms with Gasteiger partial charge in [0.05, 0.1) is 26.2 Å². The molecule has 1 aliphatic rings. The van der Waals surface area contributed by atoms with Gasteiger partial charge in [0.15, 0.2) is 0 Å². The highest BCUT2D eigenvalue weighted by Gasteiger charge is 2.34. The number of carbonyl (C=O) groups is 8. The third kappa shape index (κ3) is 12.6. The molecule has 1 rings (SSSR count). The molecule has 14 heteroatoms. The predicted octanol–water partition coefficient (Wildman–Crippen LogP) is -2.64. The van der Waals surface area contributed by atoms with Gasteiger partial charge in [-0.25, -0.2) is 0 Å². The van der Waals surface area contributed by atoms with Crippen LogP contribution in [-0.2, 0) is 38.4 Å². The van der Waals surface area contributed by atoms with Gasteiger partial charge in [-0.3, -0.25) is 43.3 Å². The standard InChI is InChI=1S/C23H36N6O8/c1-14(2)16(30)6-7-24-18(32)10-26-20(34)12-28-21(35)13-27-19(33)11-25-17(31)5-4-8-29-22(36)9-15(3)23(29)37/h14-15H,4-13H2,1-3H3,(H,24,32)(H,25,31)(H,26,34)(H,27,33)(H,28,35). The summed E-state index contributed by atoms with van der Waals surface area (Å²) >= 11 is 0. The maximum absolute atomic E-state index is 11.8. The van der Waals surface area contributed by atoms with E-state index in [2.05, 4.69) is 26.6 Å². The number of nitrogens with one attached hydrogen (secondary N) is 5. The van der Waals surface area contributed by atoms with E-state index in [1.165, 1.54) is 0 Å². The summed E-state index contributed by atoms with van der Waals surface area (Å²) in [7, 11) is 0. The molecule has 0 aromatic rings. The lowest BCUT2D eigenvalue weighted by Crippen LogP contribution is -2.45. The molecule has 0 saturated carbocycles. The number of hydrogen-bond acceptors (Lipinski definition) is 8. The zero-order valence-electron chi connectivity index (χ0n) is 21.4. The van der Waals surface area contributed by atoms with Crippen molar-refractivity contribution in [2.75, 3.05) is 39.3 Å². The molecular formula is C23H36N6O8. The Labute approximate surface area is 215 Å². The van der Waals surface area contributed by atoms with Crippen LogP contribution in [0.15, 0.2) is 0 Å². The summed E-state index contributed by atoms with van der Waals surface area (Å²) in [4.78, 5) is 94.9. The minimum Gasteiger partial charge on any atom is -0.354 e. The van der Waals surface area contributed by atoms with Crippen LogP contribution in [-0.4, -0.2) is 91.3 Å². The van der Waals surface area contributed by atoms with Crippen molar-refractivity contribution in [1.29, 1.82) is 0 Å². The SMILES string of the molecule is CC(C)C(=O)CCNC(=O)CNC(=O)CNC(=O)CNC(=O)CNC(=O)CCCN1C(=O)CC(C)C1=O. The van der Waals surface area contributed by atoms with Crippen LogP contribution in [0.3, 0.4) is 0 Å². The smallest absolute Gasteiger partial charge is 0.239 e. The Morgan fingerprint density at radius 3 is 1.65 bits per heavy atom. The molecule has 0 aromatic heterocycles. The summed E-state index contributed by atoms with van der Waals surface area (Å²) in [6, 6.07) is 0. The normalized spacial score (nSPS) is 14.8. The van der Waals surface area contributed by atoms with Gasteiger partial charge in [-0.2, -0.15) is 0 Å². The summed E-state index contributed by atoms with van der Waals surface area (Å²) in [6.07, 6.45) is 0.651. The highest BCUT2D eigenvalue weighted by atomic mass is 16.2.